The lowest BCUT2D eigenvalue weighted by Gasteiger charge is -2.11. The Balaban J connectivity index is 2.59. The highest BCUT2D eigenvalue weighted by Gasteiger charge is 2.25. The van der Waals surface area contributed by atoms with Gasteiger partial charge in [-0.1, -0.05) is 27.5 Å². The van der Waals surface area contributed by atoms with Crippen LogP contribution in [-0.4, -0.2) is 28.2 Å². The number of phenolic OH excluding ortho intramolecular Hbond substituents is 1. The van der Waals surface area contributed by atoms with Gasteiger partial charge in [-0.3, -0.25) is 0 Å². The summed E-state index contributed by atoms with van der Waals surface area (Å²) in [6.45, 7) is 0. The zero-order valence-corrected chi connectivity index (χ0v) is 16.1. The Hall–Kier alpha value is -1.16. The summed E-state index contributed by atoms with van der Waals surface area (Å²) in [5.41, 5.74) is -0.401. The van der Waals surface area contributed by atoms with Crippen LogP contribution < -0.4 is 0 Å². The molecule has 0 aromatic heterocycles. The van der Waals surface area contributed by atoms with E-state index in [0.29, 0.717) is 4.47 Å². The molecule has 1 N–H and O–H groups in total. The highest BCUT2D eigenvalue weighted by atomic mass is 79.9. The van der Waals surface area contributed by atoms with Crippen LogP contribution in [-0.2, 0) is 25.4 Å². The Morgan fingerprint density at radius 3 is 2.33 bits per heavy atom. The molecule has 24 heavy (non-hydrogen) atoms. The Morgan fingerprint density at radius 1 is 1.12 bits per heavy atom. The molecular formula is C14H11BrClFO5S2. The predicted octanol–water partition coefficient (Wildman–Crippen LogP) is 3.32. The van der Waals surface area contributed by atoms with Crippen LogP contribution >= 0.6 is 27.5 Å². The van der Waals surface area contributed by atoms with Crippen LogP contribution in [0.15, 0.2) is 44.6 Å². The molecular weight excluding hydrogens is 447 g/mol. The molecule has 0 amide bonds. The van der Waals surface area contributed by atoms with Crippen molar-refractivity contribution in [3.8, 4) is 5.75 Å². The third kappa shape index (κ3) is 4.08. The maximum Gasteiger partial charge on any atom is 0.186 e. The van der Waals surface area contributed by atoms with Gasteiger partial charge < -0.3 is 5.11 Å². The summed E-state index contributed by atoms with van der Waals surface area (Å²) < 4.78 is 62.9. The molecule has 2 aromatic rings. The van der Waals surface area contributed by atoms with Gasteiger partial charge in [0.15, 0.2) is 19.7 Å². The molecule has 0 saturated heterocycles. The number of benzene rings is 2. The van der Waals surface area contributed by atoms with Crippen molar-refractivity contribution in [1.82, 2.24) is 0 Å². The average Bonchev–Trinajstić information content (AvgIpc) is 2.43. The van der Waals surface area contributed by atoms with E-state index >= 15 is 0 Å². The number of rotatable bonds is 4. The van der Waals surface area contributed by atoms with Crippen molar-refractivity contribution in [1.29, 1.82) is 0 Å². The van der Waals surface area contributed by atoms with Crippen LogP contribution in [0.4, 0.5) is 4.39 Å². The third-order valence-electron chi connectivity index (χ3n) is 3.08. The van der Waals surface area contributed by atoms with Gasteiger partial charge in [0, 0.05) is 21.3 Å². The maximum atomic E-state index is 14.4. The first-order valence-corrected chi connectivity index (χ1v) is 11.0. The van der Waals surface area contributed by atoms with E-state index in [9.17, 15) is 26.3 Å². The normalized spacial score (nSPS) is 12.3. The molecule has 2 aromatic carbocycles. The third-order valence-corrected chi connectivity index (χ3v) is 6.58. The van der Waals surface area contributed by atoms with Crippen molar-refractivity contribution >= 4 is 47.2 Å². The van der Waals surface area contributed by atoms with E-state index in [-0.39, 0.29) is 5.02 Å². The van der Waals surface area contributed by atoms with Crippen molar-refractivity contribution in [3.05, 3.63) is 51.2 Å². The molecule has 5 nitrogen and oxygen atoms in total. The zero-order valence-electron chi connectivity index (χ0n) is 12.1. The first kappa shape index (κ1) is 19.2. The molecule has 0 atom stereocenters. The molecule has 0 fully saturated rings. The molecule has 0 spiro atoms. The summed E-state index contributed by atoms with van der Waals surface area (Å²) >= 11 is 8.86. The molecule has 0 radical (unpaired) electrons. The van der Waals surface area contributed by atoms with E-state index in [1.807, 2.05) is 0 Å². The topological polar surface area (TPSA) is 88.5 Å². The Labute approximate surface area is 152 Å². The van der Waals surface area contributed by atoms with E-state index in [1.54, 1.807) is 0 Å². The number of hydrogen-bond donors (Lipinski definition) is 1. The number of aromatic hydroxyl groups is 1. The molecule has 0 unspecified atom stereocenters. The van der Waals surface area contributed by atoms with Gasteiger partial charge in [-0.2, -0.15) is 0 Å². The summed E-state index contributed by atoms with van der Waals surface area (Å²) in [5, 5.41) is 9.63. The first-order chi connectivity index (χ1) is 10.9. The van der Waals surface area contributed by atoms with Crippen LogP contribution in [0.25, 0.3) is 0 Å². The average molecular weight is 458 g/mol. The van der Waals surface area contributed by atoms with Crippen LogP contribution in [0.3, 0.4) is 0 Å². The fraction of sp³-hybridized carbons (Fsp3) is 0.143. The largest absolute Gasteiger partial charge is 0.507 e. The molecule has 0 aliphatic heterocycles. The van der Waals surface area contributed by atoms with E-state index < -0.39 is 52.3 Å². The van der Waals surface area contributed by atoms with Crippen LogP contribution in [0.2, 0.25) is 5.02 Å². The highest BCUT2D eigenvalue weighted by molar-refractivity contribution is 9.10. The van der Waals surface area contributed by atoms with Gasteiger partial charge in [0.25, 0.3) is 0 Å². The molecule has 130 valence electrons. The van der Waals surface area contributed by atoms with Gasteiger partial charge in [0.1, 0.15) is 21.4 Å². The second-order valence-electron chi connectivity index (χ2n) is 5.02. The quantitative estimate of drug-likeness (QED) is 0.761. The van der Waals surface area contributed by atoms with Crippen molar-refractivity contribution in [2.75, 3.05) is 6.26 Å². The van der Waals surface area contributed by atoms with Gasteiger partial charge >= 0.3 is 0 Å². The van der Waals surface area contributed by atoms with Crippen molar-refractivity contribution in [2.45, 2.75) is 15.5 Å². The molecule has 10 heteroatoms. The highest BCUT2D eigenvalue weighted by Crippen LogP contribution is 2.31. The fourth-order valence-corrected chi connectivity index (χ4v) is 5.10. The van der Waals surface area contributed by atoms with Gasteiger partial charge in [0.2, 0.25) is 0 Å². The van der Waals surface area contributed by atoms with E-state index in [0.717, 1.165) is 18.4 Å². The molecule has 0 heterocycles. The summed E-state index contributed by atoms with van der Waals surface area (Å²) in [6.07, 6.45) is 0.792. The van der Waals surface area contributed by atoms with Gasteiger partial charge in [-0.15, -0.1) is 0 Å². The Bertz CT molecular complexity index is 1020. The summed E-state index contributed by atoms with van der Waals surface area (Å²) in [4.78, 5) is -1.09. The molecule has 0 saturated carbocycles. The first-order valence-electron chi connectivity index (χ1n) is 6.31. The van der Waals surface area contributed by atoms with Gasteiger partial charge in [-0.05, 0) is 30.3 Å². The minimum atomic E-state index is -4.14. The lowest BCUT2D eigenvalue weighted by molar-refractivity contribution is 0.458. The standard InChI is InChI=1S/C14H11BrClFO5S2/c1-23(19,20)13-6-10(16)4-8(14(13)17)7-24(21,22)12-5-9(15)2-3-11(12)18/h2-6,18H,7H2,1H3. The second kappa shape index (κ2) is 6.62. The number of sulfone groups is 2. The fourth-order valence-electron chi connectivity index (χ4n) is 2.01. The number of phenols is 1. The molecule has 2 rings (SSSR count). The number of halogens is 3. The van der Waals surface area contributed by atoms with E-state index in [2.05, 4.69) is 15.9 Å². The van der Waals surface area contributed by atoms with E-state index in [4.69, 9.17) is 11.6 Å². The summed E-state index contributed by atoms with van der Waals surface area (Å²) in [7, 11) is -8.07. The second-order valence-corrected chi connectivity index (χ2v) is 10.3. The maximum absolute atomic E-state index is 14.4. The van der Waals surface area contributed by atoms with Gasteiger partial charge in [-0.25, -0.2) is 21.2 Å². The smallest absolute Gasteiger partial charge is 0.186 e. The van der Waals surface area contributed by atoms with Crippen molar-refractivity contribution in [3.63, 3.8) is 0 Å². The predicted molar refractivity (Wildman–Crippen MR) is 91.2 cm³/mol. The molecule has 0 bridgehead atoms. The number of hydrogen-bond acceptors (Lipinski definition) is 5. The molecule has 0 aliphatic carbocycles. The van der Waals surface area contributed by atoms with Crippen LogP contribution in [0.5, 0.6) is 5.75 Å². The van der Waals surface area contributed by atoms with Crippen LogP contribution in [0.1, 0.15) is 5.56 Å². The molecule has 0 aliphatic rings. The zero-order chi connectivity index (χ0) is 18.3. The van der Waals surface area contributed by atoms with Crippen molar-refractivity contribution < 1.29 is 26.3 Å². The SMILES string of the molecule is CS(=O)(=O)c1cc(Cl)cc(CS(=O)(=O)c2cc(Br)ccc2O)c1F. The van der Waals surface area contributed by atoms with Gasteiger partial charge in [0.05, 0.1) is 5.75 Å². The Kier molecular flexibility index (Phi) is 5.29. The lowest BCUT2D eigenvalue weighted by Crippen LogP contribution is -2.10. The van der Waals surface area contributed by atoms with Crippen molar-refractivity contribution in [2.24, 2.45) is 0 Å². The van der Waals surface area contributed by atoms with E-state index in [1.165, 1.54) is 18.2 Å². The summed E-state index contributed by atoms with van der Waals surface area (Å²) in [5.74, 6) is -2.53. The monoisotopic (exact) mass is 456 g/mol. The lowest BCUT2D eigenvalue weighted by atomic mass is 10.2. The summed E-state index contributed by atoms with van der Waals surface area (Å²) in [6, 6.07) is 5.74. The van der Waals surface area contributed by atoms with Crippen LogP contribution in [0, 0.1) is 5.82 Å². The Morgan fingerprint density at radius 2 is 1.75 bits per heavy atom. The minimum absolute atomic E-state index is 0.111. The minimum Gasteiger partial charge on any atom is -0.507 e.